The van der Waals surface area contributed by atoms with Gasteiger partial charge in [0, 0.05) is 22.4 Å². The number of aromatic nitrogens is 1. The Balaban J connectivity index is 1.83. The molecule has 2 amide bonds. The topological polar surface area (TPSA) is 50.3 Å². The van der Waals surface area contributed by atoms with E-state index < -0.39 is 0 Å². The molecule has 2 aromatic rings. The normalized spacial score (nSPS) is 16.4. The Morgan fingerprint density at radius 3 is 2.57 bits per heavy atom. The van der Waals surface area contributed by atoms with Crippen LogP contribution >= 0.6 is 35.0 Å². The number of imide groups is 1. The molecule has 4 nitrogen and oxygen atoms in total. The summed E-state index contributed by atoms with van der Waals surface area (Å²) >= 11 is 12.9. The third-order valence-corrected chi connectivity index (χ3v) is 4.72. The lowest BCUT2D eigenvalue weighted by Crippen LogP contribution is -2.27. The highest BCUT2D eigenvalue weighted by atomic mass is 35.5. The molecule has 1 aromatic heterocycles. The van der Waals surface area contributed by atoms with Gasteiger partial charge in [0.15, 0.2) is 0 Å². The lowest BCUT2D eigenvalue weighted by molar-refractivity contribution is -0.123. The van der Waals surface area contributed by atoms with Crippen LogP contribution in [0.2, 0.25) is 10.0 Å². The Kier molecular flexibility index (Phi) is 4.71. The minimum absolute atomic E-state index is 0.119. The molecule has 0 radical (unpaired) electrons. The highest BCUT2D eigenvalue weighted by molar-refractivity contribution is 8.18. The maximum atomic E-state index is 12.4. The Morgan fingerprint density at radius 1 is 1.13 bits per heavy atom. The monoisotopic (exact) mass is 364 g/mol. The van der Waals surface area contributed by atoms with Crippen molar-refractivity contribution in [3.63, 3.8) is 0 Å². The summed E-state index contributed by atoms with van der Waals surface area (Å²) in [5, 5.41) is 0.612. The van der Waals surface area contributed by atoms with E-state index in [-0.39, 0.29) is 17.7 Å². The van der Waals surface area contributed by atoms with Crippen LogP contribution in [-0.2, 0) is 11.3 Å². The van der Waals surface area contributed by atoms with E-state index in [0.29, 0.717) is 20.5 Å². The van der Waals surface area contributed by atoms with Gasteiger partial charge in [-0.1, -0.05) is 29.3 Å². The summed E-state index contributed by atoms with van der Waals surface area (Å²) in [5.41, 5.74) is 1.48. The SMILES string of the molecule is O=C1S/C(=C/c2ccncc2)C(=O)N1Cc1ccc(Cl)cc1Cl. The van der Waals surface area contributed by atoms with Gasteiger partial charge in [-0.2, -0.15) is 0 Å². The van der Waals surface area contributed by atoms with Crippen LogP contribution in [0.15, 0.2) is 47.6 Å². The van der Waals surface area contributed by atoms with Gasteiger partial charge in [-0.05, 0) is 53.2 Å². The fraction of sp³-hybridized carbons (Fsp3) is 0.0625. The van der Waals surface area contributed by atoms with E-state index in [0.717, 1.165) is 17.3 Å². The van der Waals surface area contributed by atoms with Crippen LogP contribution in [0.25, 0.3) is 6.08 Å². The lowest BCUT2D eigenvalue weighted by atomic mass is 10.2. The van der Waals surface area contributed by atoms with Crippen molar-refractivity contribution in [1.29, 1.82) is 0 Å². The zero-order chi connectivity index (χ0) is 16.4. The summed E-state index contributed by atoms with van der Waals surface area (Å²) in [4.78, 5) is 30.0. The second-order valence-electron chi connectivity index (χ2n) is 4.78. The van der Waals surface area contributed by atoms with Crippen molar-refractivity contribution in [2.75, 3.05) is 0 Å². The fourth-order valence-corrected chi connectivity index (χ4v) is 3.37. The molecular weight excluding hydrogens is 355 g/mol. The summed E-state index contributed by atoms with van der Waals surface area (Å²) in [6.45, 7) is 0.119. The van der Waals surface area contributed by atoms with Gasteiger partial charge in [0.1, 0.15) is 0 Å². The van der Waals surface area contributed by atoms with Crippen LogP contribution in [0.4, 0.5) is 4.79 Å². The molecule has 23 heavy (non-hydrogen) atoms. The van der Waals surface area contributed by atoms with Crippen molar-refractivity contribution in [1.82, 2.24) is 9.88 Å². The van der Waals surface area contributed by atoms with Crippen molar-refractivity contribution < 1.29 is 9.59 Å². The predicted octanol–water partition coefficient (Wildman–Crippen LogP) is 4.62. The molecule has 0 saturated carbocycles. The van der Waals surface area contributed by atoms with Gasteiger partial charge in [0.05, 0.1) is 11.4 Å². The second kappa shape index (κ2) is 6.74. The minimum atomic E-state index is -0.331. The summed E-state index contributed by atoms with van der Waals surface area (Å²) in [7, 11) is 0. The molecular formula is C16H10Cl2N2O2S. The van der Waals surface area contributed by atoms with Crippen LogP contribution in [0.5, 0.6) is 0 Å². The van der Waals surface area contributed by atoms with Crippen molar-refractivity contribution in [3.05, 3.63) is 68.8 Å². The highest BCUT2D eigenvalue weighted by Crippen LogP contribution is 2.34. The summed E-state index contributed by atoms with van der Waals surface area (Å²) in [5.74, 6) is -0.331. The number of hydrogen-bond acceptors (Lipinski definition) is 4. The molecule has 7 heteroatoms. The van der Waals surface area contributed by atoms with Gasteiger partial charge in [0.25, 0.3) is 11.1 Å². The van der Waals surface area contributed by atoms with Crippen molar-refractivity contribution in [2.45, 2.75) is 6.54 Å². The Morgan fingerprint density at radius 2 is 1.87 bits per heavy atom. The predicted molar refractivity (Wildman–Crippen MR) is 92.2 cm³/mol. The van der Waals surface area contributed by atoms with Crippen LogP contribution in [0.3, 0.4) is 0 Å². The van der Waals surface area contributed by atoms with Crippen molar-refractivity contribution >= 4 is 52.2 Å². The van der Waals surface area contributed by atoms with E-state index in [1.165, 1.54) is 4.90 Å². The van der Waals surface area contributed by atoms with E-state index in [9.17, 15) is 9.59 Å². The first-order valence-electron chi connectivity index (χ1n) is 6.64. The van der Waals surface area contributed by atoms with Gasteiger partial charge in [-0.15, -0.1) is 0 Å². The van der Waals surface area contributed by atoms with Gasteiger partial charge in [-0.25, -0.2) is 0 Å². The number of thioether (sulfide) groups is 1. The molecule has 1 aliphatic rings. The molecule has 0 atom stereocenters. The first kappa shape index (κ1) is 16.1. The molecule has 2 heterocycles. The molecule has 1 aliphatic heterocycles. The third-order valence-electron chi connectivity index (χ3n) is 3.22. The number of hydrogen-bond donors (Lipinski definition) is 0. The van der Waals surface area contributed by atoms with Gasteiger partial charge < -0.3 is 0 Å². The standard InChI is InChI=1S/C16H10Cl2N2O2S/c17-12-2-1-11(13(18)8-12)9-20-15(21)14(23-16(20)22)7-10-3-5-19-6-4-10/h1-8H,9H2/b14-7+. The Labute approximate surface area is 147 Å². The van der Waals surface area contributed by atoms with E-state index in [4.69, 9.17) is 23.2 Å². The van der Waals surface area contributed by atoms with Crippen LogP contribution < -0.4 is 0 Å². The average molecular weight is 365 g/mol. The van der Waals surface area contributed by atoms with E-state index in [1.54, 1.807) is 48.8 Å². The molecule has 3 rings (SSSR count). The first-order chi connectivity index (χ1) is 11.0. The molecule has 1 fully saturated rings. The maximum Gasteiger partial charge on any atom is 0.293 e. The quantitative estimate of drug-likeness (QED) is 0.745. The maximum absolute atomic E-state index is 12.4. The van der Waals surface area contributed by atoms with E-state index in [2.05, 4.69) is 4.98 Å². The molecule has 0 spiro atoms. The first-order valence-corrected chi connectivity index (χ1v) is 8.21. The number of nitrogens with zero attached hydrogens (tertiary/aromatic N) is 2. The van der Waals surface area contributed by atoms with Crippen LogP contribution in [0.1, 0.15) is 11.1 Å². The summed E-state index contributed by atoms with van der Waals surface area (Å²) in [6, 6.07) is 8.51. The lowest BCUT2D eigenvalue weighted by Gasteiger charge is -2.13. The number of carbonyl (C=O) groups is 2. The second-order valence-corrected chi connectivity index (χ2v) is 6.62. The van der Waals surface area contributed by atoms with Crippen molar-refractivity contribution in [2.24, 2.45) is 0 Å². The van der Waals surface area contributed by atoms with E-state index in [1.807, 2.05) is 0 Å². The molecule has 0 bridgehead atoms. The molecule has 0 aliphatic carbocycles. The van der Waals surface area contributed by atoms with Gasteiger partial charge in [0.2, 0.25) is 0 Å². The van der Waals surface area contributed by atoms with Crippen molar-refractivity contribution in [3.8, 4) is 0 Å². The summed E-state index contributed by atoms with van der Waals surface area (Å²) < 4.78 is 0. The van der Waals surface area contributed by atoms with Gasteiger partial charge in [-0.3, -0.25) is 19.5 Å². The van der Waals surface area contributed by atoms with Crippen LogP contribution in [-0.4, -0.2) is 21.0 Å². The van der Waals surface area contributed by atoms with E-state index >= 15 is 0 Å². The van der Waals surface area contributed by atoms with Crippen LogP contribution in [0, 0.1) is 0 Å². The number of rotatable bonds is 3. The Bertz CT molecular complexity index is 809. The average Bonchev–Trinajstić information content (AvgIpc) is 2.78. The number of pyridine rings is 1. The molecule has 0 N–H and O–H groups in total. The van der Waals surface area contributed by atoms with Gasteiger partial charge >= 0.3 is 0 Å². The zero-order valence-electron chi connectivity index (χ0n) is 11.7. The molecule has 116 valence electrons. The molecule has 1 aromatic carbocycles. The smallest absolute Gasteiger partial charge is 0.268 e. The summed E-state index contributed by atoms with van der Waals surface area (Å²) in [6.07, 6.45) is 4.93. The fourth-order valence-electron chi connectivity index (χ4n) is 2.07. The minimum Gasteiger partial charge on any atom is -0.268 e. The number of benzene rings is 1. The largest absolute Gasteiger partial charge is 0.293 e. The number of carbonyl (C=O) groups excluding carboxylic acids is 2. The number of halogens is 2. The zero-order valence-corrected chi connectivity index (χ0v) is 14.0. The highest BCUT2D eigenvalue weighted by Gasteiger charge is 2.35. The molecule has 1 saturated heterocycles. The number of amides is 2. The Hall–Kier alpha value is -1.82. The molecule has 0 unspecified atom stereocenters. The third kappa shape index (κ3) is 3.58.